The predicted octanol–water partition coefficient (Wildman–Crippen LogP) is 2.67. The number of rotatable bonds is 5. The van der Waals surface area contributed by atoms with Gasteiger partial charge in [0.15, 0.2) is 0 Å². The number of hydrogen-bond donors (Lipinski definition) is 1. The molecule has 1 nitrogen and oxygen atoms in total. The van der Waals surface area contributed by atoms with Crippen molar-refractivity contribution in [1.29, 1.82) is 0 Å². The molecule has 0 aromatic rings. The molecule has 0 radical (unpaired) electrons. The average molecular weight is 154 g/mol. The predicted molar refractivity (Wildman–Crippen MR) is 49.5 cm³/mol. The number of aliphatic hydroxyl groups is 1. The third-order valence-corrected chi connectivity index (χ3v) is 1.63. The van der Waals surface area contributed by atoms with Gasteiger partial charge in [0.1, 0.15) is 0 Å². The van der Waals surface area contributed by atoms with Crippen LogP contribution in [0.1, 0.15) is 33.1 Å². The average Bonchev–Trinajstić information content (AvgIpc) is 1.97. The lowest BCUT2D eigenvalue weighted by Crippen LogP contribution is -2.19. The van der Waals surface area contributed by atoms with E-state index in [0.29, 0.717) is 0 Å². The highest BCUT2D eigenvalue weighted by molar-refractivity contribution is 5.05. The lowest BCUT2D eigenvalue weighted by molar-refractivity contribution is 0.0991. The normalized spacial score (nSPS) is 16.6. The minimum Gasteiger partial charge on any atom is -0.386 e. The van der Waals surface area contributed by atoms with Gasteiger partial charge < -0.3 is 5.11 Å². The van der Waals surface area contributed by atoms with Crippen molar-refractivity contribution in [2.45, 2.75) is 38.7 Å². The van der Waals surface area contributed by atoms with Crippen LogP contribution in [0, 0.1) is 0 Å². The van der Waals surface area contributed by atoms with E-state index in [1.54, 1.807) is 18.2 Å². The van der Waals surface area contributed by atoms with Gasteiger partial charge in [0, 0.05) is 0 Å². The monoisotopic (exact) mass is 154 g/mol. The lowest BCUT2D eigenvalue weighted by atomic mass is 9.99. The fraction of sp³-hybridized carbons (Fsp3) is 0.600. The highest BCUT2D eigenvalue weighted by Gasteiger charge is 2.13. The highest BCUT2D eigenvalue weighted by Crippen LogP contribution is 2.14. The summed E-state index contributed by atoms with van der Waals surface area (Å²) in [5.41, 5.74) is -0.649. The Morgan fingerprint density at radius 3 is 2.64 bits per heavy atom. The Balaban J connectivity index is 3.78. The molecule has 64 valence electrons. The smallest absolute Gasteiger partial charge is 0.0802 e. The zero-order chi connectivity index (χ0) is 8.74. The van der Waals surface area contributed by atoms with Crippen LogP contribution in [-0.2, 0) is 0 Å². The van der Waals surface area contributed by atoms with E-state index in [1.807, 2.05) is 6.92 Å². The van der Waals surface area contributed by atoms with Gasteiger partial charge in [-0.05, 0) is 13.3 Å². The van der Waals surface area contributed by atoms with Gasteiger partial charge in [-0.3, -0.25) is 0 Å². The van der Waals surface area contributed by atoms with Crippen molar-refractivity contribution in [2.75, 3.05) is 0 Å². The molecule has 0 spiro atoms. The second kappa shape index (κ2) is 5.14. The number of hydrogen-bond acceptors (Lipinski definition) is 1. The first kappa shape index (κ1) is 10.4. The summed E-state index contributed by atoms with van der Waals surface area (Å²) >= 11 is 0. The van der Waals surface area contributed by atoms with Crippen LogP contribution < -0.4 is 0 Å². The molecule has 1 N–H and O–H groups in total. The fourth-order valence-corrected chi connectivity index (χ4v) is 0.893. The zero-order valence-corrected chi connectivity index (χ0v) is 7.51. The van der Waals surface area contributed by atoms with Crippen LogP contribution in [0.2, 0.25) is 0 Å². The van der Waals surface area contributed by atoms with E-state index >= 15 is 0 Å². The summed E-state index contributed by atoms with van der Waals surface area (Å²) in [6, 6.07) is 0. The fourth-order valence-electron chi connectivity index (χ4n) is 0.893. The maximum Gasteiger partial charge on any atom is 0.0802 e. The molecule has 0 aromatic heterocycles. The minimum atomic E-state index is -0.649. The van der Waals surface area contributed by atoms with E-state index < -0.39 is 5.60 Å². The Morgan fingerprint density at radius 2 is 2.18 bits per heavy atom. The molecule has 0 aliphatic carbocycles. The summed E-state index contributed by atoms with van der Waals surface area (Å²) in [4.78, 5) is 0. The van der Waals surface area contributed by atoms with Crippen LogP contribution in [-0.4, -0.2) is 10.7 Å². The van der Waals surface area contributed by atoms with Crippen LogP contribution in [0.25, 0.3) is 0 Å². The minimum absolute atomic E-state index is 0.649. The van der Waals surface area contributed by atoms with Crippen LogP contribution in [0.5, 0.6) is 0 Å². The van der Waals surface area contributed by atoms with Gasteiger partial charge >= 0.3 is 0 Å². The molecule has 0 bridgehead atoms. The molecule has 0 aromatic carbocycles. The second-order valence-electron chi connectivity index (χ2n) is 3.06. The van der Waals surface area contributed by atoms with Crippen LogP contribution in [0.4, 0.5) is 0 Å². The molecule has 0 heterocycles. The largest absolute Gasteiger partial charge is 0.386 e. The first-order valence-corrected chi connectivity index (χ1v) is 4.15. The molecule has 1 heteroatoms. The molecular weight excluding hydrogens is 136 g/mol. The Bertz CT molecular complexity index is 134. The van der Waals surface area contributed by atoms with Crippen LogP contribution in [0.3, 0.4) is 0 Å². The van der Waals surface area contributed by atoms with Gasteiger partial charge in [-0.1, -0.05) is 44.6 Å². The third kappa shape index (κ3) is 5.86. The SMILES string of the molecule is C=C/C=C\[C@@](C)(O)CCCC. The van der Waals surface area contributed by atoms with E-state index in [-0.39, 0.29) is 0 Å². The Hall–Kier alpha value is -0.560. The second-order valence-corrected chi connectivity index (χ2v) is 3.06. The molecule has 0 rings (SSSR count). The van der Waals surface area contributed by atoms with Crippen molar-refractivity contribution >= 4 is 0 Å². The first-order chi connectivity index (χ1) is 5.12. The summed E-state index contributed by atoms with van der Waals surface area (Å²) in [7, 11) is 0. The Morgan fingerprint density at radius 1 is 1.55 bits per heavy atom. The van der Waals surface area contributed by atoms with Crippen LogP contribution >= 0.6 is 0 Å². The van der Waals surface area contributed by atoms with E-state index in [4.69, 9.17) is 0 Å². The summed E-state index contributed by atoms with van der Waals surface area (Å²) < 4.78 is 0. The first-order valence-electron chi connectivity index (χ1n) is 4.15. The van der Waals surface area contributed by atoms with Crippen molar-refractivity contribution in [3.8, 4) is 0 Å². The third-order valence-electron chi connectivity index (χ3n) is 1.63. The highest BCUT2D eigenvalue weighted by atomic mass is 16.3. The molecule has 0 aliphatic rings. The van der Waals surface area contributed by atoms with Gasteiger partial charge in [-0.15, -0.1) is 0 Å². The van der Waals surface area contributed by atoms with E-state index in [9.17, 15) is 5.11 Å². The molecule has 0 unspecified atom stereocenters. The molecule has 0 saturated carbocycles. The standard InChI is InChI=1S/C10H18O/c1-4-6-8-10(3,11)9-7-5-2/h4,6,8,11H,1,5,7,9H2,2-3H3/b8-6-/t10-/m1/s1. The molecular formula is C10H18O. The van der Waals surface area contributed by atoms with E-state index in [1.165, 1.54) is 0 Å². The van der Waals surface area contributed by atoms with E-state index in [0.717, 1.165) is 19.3 Å². The van der Waals surface area contributed by atoms with Crippen molar-refractivity contribution in [3.63, 3.8) is 0 Å². The Kier molecular flexibility index (Phi) is 4.88. The maximum absolute atomic E-state index is 9.64. The number of unbranched alkanes of at least 4 members (excludes halogenated alkanes) is 1. The van der Waals surface area contributed by atoms with Gasteiger partial charge in [-0.2, -0.15) is 0 Å². The van der Waals surface area contributed by atoms with Crippen molar-refractivity contribution in [1.82, 2.24) is 0 Å². The van der Waals surface area contributed by atoms with Gasteiger partial charge in [-0.25, -0.2) is 0 Å². The van der Waals surface area contributed by atoms with Crippen molar-refractivity contribution in [2.24, 2.45) is 0 Å². The quantitative estimate of drug-likeness (QED) is 0.604. The lowest BCUT2D eigenvalue weighted by Gasteiger charge is -2.17. The summed E-state index contributed by atoms with van der Waals surface area (Å²) in [5, 5.41) is 9.64. The maximum atomic E-state index is 9.64. The molecule has 0 saturated heterocycles. The molecule has 1 atom stereocenters. The zero-order valence-electron chi connectivity index (χ0n) is 7.51. The molecule has 0 aliphatic heterocycles. The topological polar surface area (TPSA) is 20.2 Å². The molecule has 0 fully saturated rings. The van der Waals surface area contributed by atoms with Crippen LogP contribution in [0.15, 0.2) is 24.8 Å². The molecule has 11 heavy (non-hydrogen) atoms. The summed E-state index contributed by atoms with van der Waals surface area (Å²) in [6.45, 7) is 7.49. The van der Waals surface area contributed by atoms with Crippen molar-refractivity contribution in [3.05, 3.63) is 24.8 Å². The Labute approximate surface area is 69.4 Å². The van der Waals surface area contributed by atoms with Gasteiger partial charge in [0.25, 0.3) is 0 Å². The van der Waals surface area contributed by atoms with E-state index in [2.05, 4.69) is 13.5 Å². The van der Waals surface area contributed by atoms with Gasteiger partial charge in [0.05, 0.1) is 5.60 Å². The number of allylic oxidation sites excluding steroid dienone is 2. The van der Waals surface area contributed by atoms with Gasteiger partial charge in [0.2, 0.25) is 0 Å². The summed E-state index contributed by atoms with van der Waals surface area (Å²) in [6.07, 6.45) is 8.27. The molecule has 0 amide bonds. The summed E-state index contributed by atoms with van der Waals surface area (Å²) in [5.74, 6) is 0. The van der Waals surface area contributed by atoms with Crippen molar-refractivity contribution < 1.29 is 5.11 Å².